The minimum Gasteiger partial charge on any atom is -0.453 e. The highest BCUT2D eigenvalue weighted by Crippen LogP contribution is 2.54. The van der Waals surface area contributed by atoms with E-state index < -0.39 is 58.3 Å². The fourth-order valence-electron chi connectivity index (χ4n) is 7.98. The first-order valence-corrected chi connectivity index (χ1v) is 15.9. The summed E-state index contributed by atoms with van der Waals surface area (Å²) in [5, 5.41) is 27.1. The van der Waals surface area contributed by atoms with Gasteiger partial charge in [0.2, 0.25) is 22.9 Å². The maximum Gasteiger partial charge on any atom is 0.339 e. The average molecular weight is 628 g/mol. The number of aliphatic hydroxyl groups excluding tert-OH is 2. The highest BCUT2D eigenvalue weighted by Gasteiger charge is 2.80. The molecule has 4 N–H and O–H groups in total. The van der Waals surface area contributed by atoms with Crippen LogP contribution < -0.4 is 10.6 Å². The fraction of sp³-hybridized carbons (Fsp3) is 0.733. The van der Waals surface area contributed by atoms with E-state index in [0.717, 1.165) is 38.5 Å². The van der Waals surface area contributed by atoms with Crippen molar-refractivity contribution in [2.24, 2.45) is 23.7 Å². The van der Waals surface area contributed by atoms with E-state index in [4.69, 9.17) is 32.7 Å². The van der Waals surface area contributed by atoms with Gasteiger partial charge in [0, 0.05) is 23.6 Å². The molecule has 10 nitrogen and oxygen atoms in total. The zero-order valence-corrected chi connectivity index (χ0v) is 25.5. The van der Waals surface area contributed by atoms with Crippen molar-refractivity contribution in [3.8, 4) is 0 Å². The molecule has 232 valence electrons. The lowest BCUT2D eigenvalue weighted by molar-refractivity contribution is -0.239. The van der Waals surface area contributed by atoms with Gasteiger partial charge in [-0.05, 0) is 65.2 Å². The molecule has 12 heteroatoms. The van der Waals surface area contributed by atoms with Gasteiger partial charge in [-0.25, -0.2) is 9.59 Å². The number of fused-ring (bicyclic) bond motifs is 2. The number of hydrogen-bond acceptors (Lipinski definition) is 8. The van der Waals surface area contributed by atoms with Crippen molar-refractivity contribution in [2.45, 2.75) is 99.7 Å². The Balaban J connectivity index is 0.000000168. The van der Waals surface area contributed by atoms with Gasteiger partial charge in [-0.3, -0.25) is 9.59 Å². The Bertz CT molecular complexity index is 1110. The molecule has 10 atom stereocenters. The molecule has 2 amide bonds. The standard InChI is InChI=1S/2C15H20ClNO4/c2*1-14-10(7-8-16)12(19)17-15(14,13(20)21-14)11(18)9-5-3-2-4-6-9/h2*3,5,9-11,18H,2,4,6-8H2,1H3,(H,17,19)/t2*9-,10+,11+,14+,15+/m11/s1. The summed E-state index contributed by atoms with van der Waals surface area (Å²) < 4.78 is 10.7. The Hall–Kier alpha value is -2.14. The highest BCUT2D eigenvalue weighted by molar-refractivity contribution is 6.18. The average Bonchev–Trinajstić information content (AvgIpc) is 3.27. The van der Waals surface area contributed by atoms with Gasteiger partial charge in [-0.15, -0.1) is 23.2 Å². The van der Waals surface area contributed by atoms with E-state index in [1.165, 1.54) is 0 Å². The number of ether oxygens (including phenoxy) is 2. The summed E-state index contributed by atoms with van der Waals surface area (Å²) in [5.41, 5.74) is -4.68. The summed E-state index contributed by atoms with van der Waals surface area (Å²) >= 11 is 11.5. The molecule has 4 heterocycles. The number of aliphatic hydroxyl groups is 2. The SMILES string of the molecule is C[C@@]12OC(=O)[C@]1([C@@H](O)[C@@H]1C=CCCC1)NC(=O)[C@@H]2CCCl.C[C@@]12OC(=O)[C@]1([C@@H](O)[C@@H]1C=CCCC1)NC(=O)[C@@H]2CCCl. The summed E-state index contributed by atoms with van der Waals surface area (Å²) in [4.78, 5) is 48.8. The van der Waals surface area contributed by atoms with Gasteiger partial charge in [-0.2, -0.15) is 0 Å². The second-order valence-corrected chi connectivity index (χ2v) is 13.3. The van der Waals surface area contributed by atoms with Crippen LogP contribution in [0.4, 0.5) is 0 Å². The maximum absolute atomic E-state index is 12.2. The third kappa shape index (κ3) is 4.26. The molecule has 0 saturated carbocycles. The Labute approximate surface area is 255 Å². The van der Waals surface area contributed by atoms with Crippen molar-refractivity contribution < 1.29 is 38.9 Å². The Morgan fingerprint density at radius 1 is 0.786 bits per heavy atom. The quantitative estimate of drug-likeness (QED) is 0.182. The molecule has 4 fully saturated rings. The van der Waals surface area contributed by atoms with Crippen LogP contribution in [-0.2, 0) is 28.7 Å². The Kier molecular flexibility index (Phi) is 8.50. The topological polar surface area (TPSA) is 151 Å². The molecule has 0 bridgehead atoms. The molecule has 0 spiro atoms. The van der Waals surface area contributed by atoms with Crippen LogP contribution in [0.5, 0.6) is 0 Å². The van der Waals surface area contributed by atoms with E-state index in [0.29, 0.717) is 24.6 Å². The van der Waals surface area contributed by atoms with Crippen LogP contribution in [0.3, 0.4) is 0 Å². The summed E-state index contributed by atoms with van der Waals surface area (Å²) in [6.07, 6.45) is 12.3. The lowest BCUT2D eigenvalue weighted by Crippen LogP contribution is -2.80. The van der Waals surface area contributed by atoms with Crippen LogP contribution in [0.1, 0.15) is 65.2 Å². The van der Waals surface area contributed by atoms with Crippen LogP contribution in [0, 0.1) is 23.7 Å². The first-order valence-electron chi connectivity index (χ1n) is 14.9. The molecular weight excluding hydrogens is 587 g/mol. The van der Waals surface area contributed by atoms with E-state index in [2.05, 4.69) is 10.6 Å². The van der Waals surface area contributed by atoms with E-state index >= 15 is 0 Å². The lowest BCUT2D eigenvalue weighted by atomic mass is 9.64. The molecule has 0 aromatic rings. The number of carbonyl (C=O) groups is 4. The van der Waals surface area contributed by atoms with E-state index in [9.17, 15) is 29.4 Å². The lowest BCUT2D eigenvalue weighted by Gasteiger charge is -2.54. The van der Waals surface area contributed by atoms with Crippen molar-refractivity contribution in [3.63, 3.8) is 0 Å². The summed E-state index contributed by atoms with van der Waals surface area (Å²) in [6, 6.07) is 0. The number of esters is 2. The van der Waals surface area contributed by atoms with Gasteiger partial charge >= 0.3 is 11.9 Å². The molecule has 0 aromatic carbocycles. The molecule has 2 aliphatic carbocycles. The molecule has 42 heavy (non-hydrogen) atoms. The van der Waals surface area contributed by atoms with Crippen LogP contribution in [-0.4, -0.2) is 80.2 Å². The normalized spacial score (nSPS) is 42.8. The van der Waals surface area contributed by atoms with Crippen LogP contribution in [0.25, 0.3) is 0 Å². The van der Waals surface area contributed by atoms with E-state index in [-0.39, 0.29) is 23.7 Å². The number of halogens is 2. The Morgan fingerprint density at radius 3 is 1.45 bits per heavy atom. The van der Waals surface area contributed by atoms with Crippen LogP contribution in [0.2, 0.25) is 0 Å². The van der Waals surface area contributed by atoms with Gasteiger partial charge in [0.15, 0.2) is 11.2 Å². The van der Waals surface area contributed by atoms with E-state index in [1.807, 2.05) is 24.3 Å². The highest BCUT2D eigenvalue weighted by atomic mass is 35.5. The number of amides is 2. The van der Waals surface area contributed by atoms with Crippen molar-refractivity contribution in [3.05, 3.63) is 24.3 Å². The van der Waals surface area contributed by atoms with E-state index in [1.54, 1.807) is 13.8 Å². The molecular formula is C30H40Cl2N2O8. The predicted molar refractivity (Wildman–Crippen MR) is 153 cm³/mol. The smallest absolute Gasteiger partial charge is 0.339 e. The van der Waals surface area contributed by atoms with Crippen molar-refractivity contribution in [2.75, 3.05) is 11.8 Å². The molecule has 6 aliphatic rings. The first kappa shape index (κ1) is 31.3. The second kappa shape index (κ2) is 11.4. The zero-order valence-electron chi connectivity index (χ0n) is 23.9. The number of allylic oxidation sites excluding steroid dienone is 2. The molecule has 6 rings (SSSR count). The second-order valence-electron chi connectivity index (χ2n) is 12.6. The van der Waals surface area contributed by atoms with Gasteiger partial charge in [0.25, 0.3) is 0 Å². The third-order valence-corrected chi connectivity index (χ3v) is 10.9. The largest absolute Gasteiger partial charge is 0.453 e. The molecule has 0 unspecified atom stereocenters. The van der Waals surface area contributed by atoms with Crippen molar-refractivity contribution >= 4 is 47.0 Å². The van der Waals surface area contributed by atoms with Crippen LogP contribution >= 0.6 is 23.2 Å². The maximum atomic E-state index is 12.2. The number of rotatable bonds is 8. The molecule has 4 saturated heterocycles. The van der Waals surface area contributed by atoms with Crippen molar-refractivity contribution in [1.82, 2.24) is 10.6 Å². The predicted octanol–water partition coefficient (Wildman–Crippen LogP) is 2.27. The minimum atomic E-state index is -1.33. The van der Waals surface area contributed by atoms with Gasteiger partial charge < -0.3 is 30.3 Å². The molecule has 4 aliphatic heterocycles. The first-order chi connectivity index (χ1) is 19.9. The van der Waals surface area contributed by atoms with Gasteiger partial charge in [0.05, 0.1) is 24.0 Å². The number of nitrogens with one attached hydrogen (secondary N) is 2. The summed E-state index contributed by atoms with van der Waals surface area (Å²) in [6.45, 7) is 3.44. The van der Waals surface area contributed by atoms with Gasteiger partial charge in [0.1, 0.15) is 0 Å². The van der Waals surface area contributed by atoms with Crippen LogP contribution in [0.15, 0.2) is 24.3 Å². The number of carbonyl (C=O) groups excluding carboxylic acids is 4. The number of alkyl halides is 2. The van der Waals surface area contributed by atoms with Crippen molar-refractivity contribution in [1.29, 1.82) is 0 Å². The number of hydrogen-bond donors (Lipinski definition) is 4. The zero-order chi connectivity index (χ0) is 30.5. The monoisotopic (exact) mass is 626 g/mol. The minimum absolute atomic E-state index is 0.138. The van der Waals surface area contributed by atoms with Gasteiger partial charge in [-0.1, -0.05) is 24.3 Å². The third-order valence-electron chi connectivity index (χ3n) is 10.5. The fourth-order valence-corrected chi connectivity index (χ4v) is 8.42. The Morgan fingerprint density at radius 2 is 1.17 bits per heavy atom. The summed E-state index contributed by atoms with van der Waals surface area (Å²) in [5.74, 6) is -2.28. The summed E-state index contributed by atoms with van der Waals surface area (Å²) in [7, 11) is 0. The molecule has 0 radical (unpaired) electrons. The molecule has 0 aromatic heterocycles.